The molecule has 1 aliphatic carbocycles. The van der Waals surface area contributed by atoms with Gasteiger partial charge < -0.3 is 5.32 Å². The van der Waals surface area contributed by atoms with Crippen molar-refractivity contribution >= 4 is 0 Å². The molecule has 0 saturated heterocycles. The van der Waals surface area contributed by atoms with Crippen LogP contribution in [0, 0.1) is 0 Å². The van der Waals surface area contributed by atoms with Crippen LogP contribution in [0.2, 0.25) is 0 Å². The van der Waals surface area contributed by atoms with Gasteiger partial charge in [0, 0.05) is 12.2 Å². The average molecular weight is 247 g/mol. The van der Waals surface area contributed by atoms with Gasteiger partial charge in [-0.15, -0.1) is 0 Å². The maximum atomic E-state index is 12.0. The summed E-state index contributed by atoms with van der Waals surface area (Å²) < 4.78 is 36.0. The summed E-state index contributed by atoms with van der Waals surface area (Å²) in [5.41, 5.74) is 2.97. The normalized spacial score (nSPS) is 16.6. The summed E-state index contributed by atoms with van der Waals surface area (Å²) in [6, 6.07) is 0. The Balaban J connectivity index is 1.95. The molecule has 6 heteroatoms. The van der Waals surface area contributed by atoms with E-state index in [0.717, 1.165) is 42.6 Å². The third-order valence-corrected chi connectivity index (χ3v) is 3.01. The minimum absolute atomic E-state index is 0.186. The fraction of sp³-hybridized carbons (Fsp3) is 0.727. The number of nitrogens with zero attached hydrogens (tertiary/aromatic N) is 1. The predicted octanol–water partition coefficient (Wildman–Crippen LogP) is 2.33. The van der Waals surface area contributed by atoms with Crippen LogP contribution in [0.4, 0.5) is 13.2 Å². The smallest absolute Gasteiger partial charge is 0.303 e. The second kappa shape index (κ2) is 5.08. The molecule has 0 bridgehead atoms. The Bertz CT molecular complexity index is 371. The highest BCUT2D eigenvalue weighted by Gasteiger charge is 2.26. The van der Waals surface area contributed by atoms with E-state index in [-0.39, 0.29) is 6.54 Å². The minimum atomic E-state index is -4.16. The monoisotopic (exact) mass is 247 g/mol. The van der Waals surface area contributed by atoms with Crippen LogP contribution in [0.1, 0.15) is 36.2 Å². The zero-order valence-electron chi connectivity index (χ0n) is 9.53. The molecular weight excluding hydrogens is 231 g/mol. The van der Waals surface area contributed by atoms with Crippen molar-refractivity contribution in [3.63, 3.8) is 0 Å². The molecule has 1 aromatic heterocycles. The highest BCUT2D eigenvalue weighted by Crippen LogP contribution is 2.21. The average Bonchev–Trinajstić information content (AvgIpc) is 2.47. The number of aromatic nitrogens is 2. The third kappa shape index (κ3) is 3.46. The Morgan fingerprint density at radius 2 is 1.94 bits per heavy atom. The summed E-state index contributed by atoms with van der Waals surface area (Å²) in [4.78, 5) is 0. The number of fused-ring (bicyclic) bond motifs is 1. The van der Waals surface area contributed by atoms with Crippen LogP contribution in [-0.2, 0) is 19.4 Å². The second-order valence-electron chi connectivity index (χ2n) is 4.41. The number of nitrogens with one attached hydrogen (secondary N) is 2. The highest BCUT2D eigenvalue weighted by molar-refractivity contribution is 5.26. The van der Waals surface area contributed by atoms with E-state index in [4.69, 9.17) is 0 Å². The molecule has 0 spiro atoms. The van der Waals surface area contributed by atoms with Gasteiger partial charge in [-0.05, 0) is 31.2 Å². The summed E-state index contributed by atoms with van der Waals surface area (Å²) in [7, 11) is 0. The van der Waals surface area contributed by atoms with Gasteiger partial charge in [0.05, 0.1) is 12.2 Å². The molecule has 0 saturated carbocycles. The molecule has 0 amide bonds. The Morgan fingerprint density at radius 3 is 2.71 bits per heavy atom. The molecule has 17 heavy (non-hydrogen) atoms. The van der Waals surface area contributed by atoms with Gasteiger partial charge in [-0.25, -0.2) is 0 Å². The van der Waals surface area contributed by atoms with Crippen LogP contribution >= 0.6 is 0 Å². The number of H-pyrrole nitrogens is 1. The van der Waals surface area contributed by atoms with Crippen molar-refractivity contribution in [2.24, 2.45) is 0 Å². The SMILES string of the molecule is FC(F)(F)CNCc1n[nH]c2c1CCCCC2. The molecular formula is C11H16F3N3. The van der Waals surface area contributed by atoms with Crippen LogP contribution in [-0.4, -0.2) is 22.9 Å². The van der Waals surface area contributed by atoms with Crippen molar-refractivity contribution in [3.8, 4) is 0 Å². The van der Waals surface area contributed by atoms with E-state index in [9.17, 15) is 13.2 Å². The van der Waals surface area contributed by atoms with Crippen molar-refractivity contribution in [1.29, 1.82) is 0 Å². The molecule has 2 N–H and O–H groups in total. The molecule has 0 radical (unpaired) electrons. The number of halogens is 3. The molecule has 1 aliphatic rings. The van der Waals surface area contributed by atoms with E-state index in [2.05, 4.69) is 15.5 Å². The molecule has 0 aliphatic heterocycles. The number of hydrogen-bond acceptors (Lipinski definition) is 2. The lowest BCUT2D eigenvalue weighted by molar-refractivity contribution is -0.125. The van der Waals surface area contributed by atoms with Crippen LogP contribution < -0.4 is 5.32 Å². The molecule has 1 heterocycles. The molecule has 0 unspecified atom stereocenters. The van der Waals surface area contributed by atoms with Crippen molar-refractivity contribution < 1.29 is 13.2 Å². The molecule has 2 rings (SSSR count). The quantitative estimate of drug-likeness (QED) is 0.805. The largest absolute Gasteiger partial charge is 0.401 e. The van der Waals surface area contributed by atoms with Crippen LogP contribution in [0.25, 0.3) is 0 Å². The van der Waals surface area contributed by atoms with Gasteiger partial charge in [0.2, 0.25) is 0 Å². The van der Waals surface area contributed by atoms with Crippen molar-refractivity contribution in [2.75, 3.05) is 6.54 Å². The molecule has 3 nitrogen and oxygen atoms in total. The number of hydrogen-bond donors (Lipinski definition) is 2. The lowest BCUT2D eigenvalue weighted by atomic mass is 10.1. The first-order valence-corrected chi connectivity index (χ1v) is 5.89. The second-order valence-corrected chi connectivity index (χ2v) is 4.41. The highest BCUT2D eigenvalue weighted by atomic mass is 19.4. The standard InChI is InChI=1S/C11H16F3N3/c12-11(13,14)7-15-6-10-8-4-2-1-3-5-9(8)16-17-10/h15H,1-7H2,(H,16,17). The van der Waals surface area contributed by atoms with Gasteiger partial charge in [0.15, 0.2) is 0 Å². The van der Waals surface area contributed by atoms with Crippen LogP contribution in [0.5, 0.6) is 0 Å². The van der Waals surface area contributed by atoms with E-state index in [1.165, 1.54) is 6.42 Å². The summed E-state index contributed by atoms with van der Waals surface area (Å²) in [5, 5.41) is 9.44. The number of aromatic amines is 1. The van der Waals surface area contributed by atoms with Gasteiger partial charge >= 0.3 is 6.18 Å². The van der Waals surface area contributed by atoms with Crippen LogP contribution in [0.3, 0.4) is 0 Å². The van der Waals surface area contributed by atoms with Crippen molar-refractivity contribution in [3.05, 3.63) is 17.0 Å². The van der Waals surface area contributed by atoms with E-state index in [1.807, 2.05) is 0 Å². The molecule has 0 fully saturated rings. The van der Waals surface area contributed by atoms with E-state index in [0.29, 0.717) is 0 Å². The lowest BCUT2D eigenvalue weighted by Gasteiger charge is -2.07. The minimum Gasteiger partial charge on any atom is -0.303 e. The summed E-state index contributed by atoms with van der Waals surface area (Å²) in [6.07, 6.45) is 1.13. The van der Waals surface area contributed by atoms with Gasteiger partial charge in [0.1, 0.15) is 0 Å². The first-order valence-electron chi connectivity index (χ1n) is 5.89. The Kier molecular flexibility index (Phi) is 3.71. The summed E-state index contributed by atoms with van der Waals surface area (Å²) in [5.74, 6) is 0. The molecule has 0 atom stereocenters. The number of alkyl halides is 3. The van der Waals surface area contributed by atoms with E-state index < -0.39 is 12.7 Å². The first kappa shape index (κ1) is 12.4. The third-order valence-electron chi connectivity index (χ3n) is 3.01. The Labute approximate surface area is 97.8 Å². The zero-order chi connectivity index (χ0) is 12.3. The summed E-state index contributed by atoms with van der Waals surface area (Å²) in [6.45, 7) is -0.778. The first-order chi connectivity index (χ1) is 8.06. The van der Waals surface area contributed by atoms with E-state index >= 15 is 0 Å². The zero-order valence-corrected chi connectivity index (χ0v) is 9.53. The molecule has 96 valence electrons. The van der Waals surface area contributed by atoms with Gasteiger partial charge in [-0.1, -0.05) is 6.42 Å². The fourth-order valence-electron chi connectivity index (χ4n) is 2.20. The summed E-state index contributed by atoms with van der Waals surface area (Å²) >= 11 is 0. The molecule has 1 aromatic rings. The maximum absolute atomic E-state index is 12.0. The topological polar surface area (TPSA) is 40.7 Å². The predicted molar refractivity (Wildman–Crippen MR) is 57.6 cm³/mol. The number of rotatable bonds is 3. The van der Waals surface area contributed by atoms with Gasteiger partial charge in [-0.3, -0.25) is 5.10 Å². The Morgan fingerprint density at radius 1 is 1.18 bits per heavy atom. The van der Waals surface area contributed by atoms with Crippen molar-refractivity contribution in [2.45, 2.75) is 44.8 Å². The molecule has 0 aromatic carbocycles. The van der Waals surface area contributed by atoms with Crippen molar-refractivity contribution in [1.82, 2.24) is 15.5 Å². The van der Waals surface area contributed by atoms with Gasteiger partial charge in [-0.2, -0.15) is 18.3 Å². The maximum Gasteiger partial charge on any atom is 0.401 e. The lowest BCUT2D eigenvalue weighted by Crippen LogP contribution is -2.28. The fourth-order valence-corrected chi connectivity index (χ4v) is 2.20. The Hall–Kier alpha value is -1.04. The van der Waals surface area contributed by atoms with E-state index in [1.54, 1.807) is 0 Å². The number of aryl methyl sites for hydroxylation is 1. The van der Waals surface area contributed by atoms with Gasteiger partial charge in [0.25, 0.3) is 0 Å². The van der Waals surface area contributed by atoms with Crippen LogP contribution in [0.15, 0.2) is 0 Å².